The molecule has 0 saturated carbocycles. The second-order valence-corrected chi connectivity index (χ2v) is 15.1. The molecule has 2 heterocycles. The lowest BCUT2D eigenvalue weighted by atomic mass is 10.1. The molecule has 0 spiro atoms. The highest BCUT2D eigenvalue weighted by molar-refractivity contribution is 7.84. The van der Waals surface area contributed by atoms with Crippen LogP contribution in [0, 0.1) is 0 Å². The number of ether oxygens (including phenoxy) is 2. The van der Waals surface area contributed by atoms with Crippen molar-refractivity contribution in [3.8, 4) is 0 Å². The monoisotopic (exact) mass is 524 g/mol. The lowest BCUT2D eigenvalue weighted by Crippen LogP contribution is -2.41. The average Bonchev–Trinajstić information content (AvgIpc) is 2.83. The molecule has 0 unspecified atom stereocenters. The summed E-state index contributed by atoms with van der Waals surface area (Å²) in [6.45, 7) is 14.0. The van der Waals surface area contributed by atoms with Gasteiger partial charge >= 0.3 is 0 Å². The molecule has 0 aliphatic carbocycles. The Morgan fingerprint density at radius 2 is 1.46 bits per heavy atom. The van der Waals surface area contributed by atoms with Gasteiger partial charge in [0, 0.05) is 19.6 Å². The van der Waals surface area contributed by atoms with Crippen LogP contribution in [0.4, 0.5) is 0 Å². The maximum atomic E-state index is 12.8. The fourth-order valence-corrected chi connectivity index (χ4v) is 5.54. The van der Waals surface area contributed by atoms with Gasteiger partial charge in [-0.2, -0.15) is 0 Å². The van der Waals surface area contributed by atoms with Crippen molar-refractivity contribution in [2.45, 2.75) is 95.5 Å². The van der Waals surface area contributed by atoms with Crippen molar-refractivity contribution >= 4 is 22.0 Å². The summed E-state index contributed by atoms with van der Waals surface area (Å²) in [6.07, 6.45) is 11.9. The van der Waals surface area contributed by atoms with Crippen LogP contribution in [0.1, 0.15) is 72.8 Å². The van der Waals surface area contributed by atoms with Gasteiger partial charge in [0.2, 0.25) is 0 Å². The van der Waals surface area contributed by atoms with Gasteiger partial charge in [0.15, 0.2) is 0 Å². The number of hydrogen-bond acceptors (Lipinski definition) is 4. The van der Waals surface area contributed by atoms with E-state index in [1.165, 1.54) is 5.56 Å². The third-order valence-corrected chi connectivity index (χ3v) is 8.75. The van der Waals surface area contributed by atoms with E-state index in [1.807, 2.05) is 76.2 Å². The van der Waals surface area contributed by atoms with Crippen LogP contribution in [0.5, 0.6) is 0 Å². The molecule has 0 bridgehead atoms. The van der Waals surface area contributed by atoms with Crippen molar-refractivity contribution in [2.24, 2.45) is 0 Å². The largest absolute Gasteiger partial charge is 0.497 e. The van der Waals surface area contributed by atoms with Crippen LogP contribution in [0.25, 0.3) is 0 Å². The van der Waals surface area contributed by atoms with Gasteiger partial charge in [0.1, 0.15) is 23.2 Å². The lowest BCUT2D eigenvalue weighted by Gasteiger charge is -2.32. The molecule has 0 aromatic heterocycles. The molecule has 2 aliphatic rings. The highest BCUT2D eigenvalue weighted by Crippen LogP contribution is 2.21. The third-order valence-electron chi connectivity index (χ3n) is 5.41. The van der Waals surface area contributed by atoms with Gasteiger partial charge in [-0.15, -0.1) is 0 Å². The summed E-state index contributed by atoms with van der Waals surface area (Å²) >= 11 is 0. The Morgan fingerprint density at radius 1 is 0.886 bits per heavy atom. The summed E-state index contributed by atoms with van der Waals surface area (Å²) < 4.78 is 40.0. The molecule has 1 N–H and O–H groups in total. The molecule has 1 aromatic carbocycles. The first-order valence-electron chi connectivity index (χ1n) is 12.4. The maximum absolute atomic E-state index is 12.8. The molecule has 2 aliphatic heterocycles. The van der Waals surface area contributed by atoms with E-state index in [0.717, 1.165) is 25.7 Å². The Balaban J connectivity index is 0.000000269. The first-order valence-corrected chi connectivity index (χ1v) is 14.7. The van der Waals surface area contributed by atoms with Gasteiger partial charge in [-0.3, -0.25) is 0 Å². The molecule has 0 fully saturated rings. The van der Waals surface area contributed by atoms with Crippen LogP contribution in [0.3, 0.4) is 0 Å². The van der Waals surface area contributed by atoms with E-state index in [9.17, 15) is 8.42 Å². The maximum Gasteiger partial charge on any atom is 0.112 e. The van der Waals surface area contributed by atoms with Gasteiger partial charge < -0.3 is 9.47 Å². The molecule has 0 saturated heterocycles. The molecule has 4 atom stereocenters. The molecule has 6 nitrogen and oxygen atoms in total. The zero-order chi connectivity index (χ0) is 25.9. The highest BCUT2D eigenvalue weighted by atomic mass is 32.2. The van der Waals surface area contributed by atoms with Crippen LogP contribution in [-0.4, -0.2) is 47.5 Å². The van der Waals surface area contributed by atoms with E-state index in [4.69, 9.17) is 9.47 Å². The third kappa shape index (κ3) is 11.4. The van der Waals surface area contributed by atoms with E-state index >= 15 is 0 Å². The molecule has 198 valence electrons. The summed E-state index contributed by atoms with van der Waals surface area (Å²) in [5, 5.41) is 0. The summed E-state index contributed by atoms with van der Waals surface area (Å²) in [5.74, 6) is 0. The van der Waals surface area contributed by atoms with Crippen molar-refractivity contribution in [1.29, 1.82) is 0 Å². The fourth-order valence-electron chi connectivity index (χ4n) is 3.43. The van der Waals surface area contributed by atoms with E-state index < -0.39 is 22.0 Å². The molecule has 1 aromatic rings. The Bertz CT molecular complexity index is 860. The standard InChI is InChI=1S/C17H25NO2S.C10H19NO2S/c1-17(2,3)21(19)18(13-15-9-5-4-6-10-15)14-16-11-7-8-12-20-16;1-10(2,3)14(12)11-8-9-6-4-5-7-13-9/h4-6,8-10,12,16H,7,11,13-14H2,1-3H3;5,7,9,11H,4,6,8H2,1-3H3/t16-,21-;9-,14-/m00/s1. The second kappa shape index (κ2) is 14.3. The highest BCUT2D eigenvalue weighted by Gasteiger charge is 2.29. The Labute approximate surface area is 217 Å². The van der Waals surface area contributed by atoms with Crippen molar-refractivity contribution in [3.63, 3.8) is 0 Å². The minimum Gasteiger partial charge on any atom is -0.497 e. The van der Waals surface area contributed by atoms with Crippen LogP contribution in [0.2, 0.25) is 0 Å². The van der Waals surface area contributed by atoms with Gasteiger partial charge in [-0.1, -0.05) is 30.3 Å². The number of rotatable bonds is 8. The zero-order valence-corrected chi connectivity index (χ0v) is 23.8. The molecule has 0 radical (unpaired) electrons. The molecular formula is C27H44N2O4S2. The van der Waals surface area contributed by atoms with Crippen LogP contribution in [0.15, 0.2) is 55.0 Å². The molecule has 0 amide bonds. The molecule has 3 rings (SSSR count). The SMILES string of the molecule is CC(C)(C)[S@](=O)N(Cc1ccccc1)C[C@@H]1CCC=CO1.CC(C)(C)[S@](=O)NC[C@@H]1CCC=CO1. The van der Waals surface area contributed by atoms with E-state index in [2.05, 4.69) is 16.9 Å². The number of nitrogens with zero attached hydrogens (tertiary/aromatic N) is 1. The normalized spacial score (nSPS) is 21.9. The van der Waals surface area contributed by atoms with Crippen molar-refractivity contribution in [2.75, 3.05) is 13.1 Å². The quantitative estimate of drug-likeness (QED) is 0.496. The Hall–Kier alpha value is -1.48. The van der Waals surface area contributed by atoms with Gasteiger partial charge in [0.05, 0.1) is 33.0 Å². The summed E-state index contributed by atoms with van der Waals surface area (Å²) in [7, 11) is -2.04. The minimum atomic E-state index is -1.05. The zero-order valence-electron chi connectivity index (χ0n) is 22.2. The summed E-state index contributed by atoms with van der Waals surface area (Å²) in [6, 6.07) is 10.2. The van der Waals surface area contributed by atoms with Gasteiger partial charge in [-0.25, -0.2) is 17.4 Å². The Morgan fingerprint density at radius 3 is 1.94 bits per heavy atom. The summed E-state index contributed by atoms with van der Waals surface area (Å²) in [4.78, 5) is 0. The predicted molar refractivity (Wildman–Crippen MR) is 147 cm³/mol. The van der Waals surface area contributed by atoms with Gasteiger partial charge in [-0.05, 0) is 84.9 Å². The van der Waals surface area contributed by atoms with Crippen LogP contribution < -0.4 is 4.72 Å². The van der Waals surface area contributed by atoms with Crippen molar-refractivity contribution in [3.05, 3.63) is 60.6 Å². The number of nitrogens with one attached hydrogen (secondary N) is 1. The lowest BCUT2D eigenvalue weighted by molar-refractivity contribution is 0.103. The predicted octanol–water partition coefficient (Wildman–Crippen LogP) is 5.37. The van der Waals surface area contributed by atoms with Crippen LogP contribution >= 0.6 is 0 Å². The van der Waals surface area contributed by atoms with E-state index in [-0.39, 0.29) is 21.7 Å². The minimum absolute atomic E-state index is 0.130. The Kier molecular flexibility index (Phi) is 12.2. The second-order valence-electron chi connectivity index (χ2n) is 10.8. The van der Waals surface area contributed by atoms with Gasteiger partial charge in [0.25, 0.3) is 0 Å². The first-order chi connectivity index (χ1) is 16.5. The average molecular weight is 525 g/mol. The van der Waals surface area contributed by atoms with Crippen LogP contribution in [-0.2, 0) is 38.0 Å². The number of hydrogen-bond donors (Lipinski definition) is 1. The van der Waals surface area contributed by atoms with E-state index in [0.29, 0.717) is 19.6 Å². The smallest absolute Gasteiger partial charge is 0.112 e. The van der Waals surface area contributed by atoms with Crippen molar-refractivity contribution < 1.29 is 17.9 Å². The summed E-state index contributed by atoms with van der Waals surface area (Å²) in [5.41, 5.74) is 1.18. The van der Waals surface area contributed by atoms with Crippen molar-refractivity contribution in [1.82, 2.24) is 9.03 Å². The molecular weight excluding hydrogens is 480 g/mol. The number of benzene rings is 1. The molecule has 8 heteroatoms. The first kappa shape index (κ1) is 29.7. The fraction of sp³-hybridized carbons (Fsp3) is 0.630. The number of allylic oxidation sites excluding steroid dienone is 2. The topological polar surface area (TPSA) is 67.9 Å². The van der Waals surface area contributed by atoms with E-state index in [1.54, 1.807) is 12.5 Å². The molecule has 35 heavy (non-hydrogen) atoms.